The van der Waals surface area contributed by atoms with Crippen LogP contribution in [0.1, 0.15) is 71.6 Å². The van der Waals surface area contributed by atoms with Crippen molar-refractivity contribution in [2.75, 3.05) is 19.6 Å². The van der Waals surface area contributed by atoms with E-state index >= 15 is 0 Å². The zero-order chi connectivity index (χ0) is 22.4. The summed E-state index contributed by atoms with van der Waals surface area (Å²) in [6.07, 6.45) is 2.21. The van der Waals surface area contributed by atoms with Crippen molar-refractivity contribution < 1.29 is 0 Å². The van der Waals surface area contributed by atoms with Crippen molar-refractivity contribution in [3.8, 4) is 5.69 Å². The molecule has 2 bridgehead atoms. The van der Waals surface area contributed by atoms with Gasteiger partial charge >= 0.3 is 0 Å². The lowest BCUT2D eigenvalue weighted by Gasteiger charge is -2.36. The first kappa shape index (κ1) is 23.4. The number of hydrogen-bond acceptors (Lipinski definition) is 2. The summed E-state index contributed by atoms with van der Waals surface area (Å²) in [7, 11) is 1.96. The first-order valence-electron chi connectivity index (χ1n) is 11.0. The Labute approximate surface area is 190 Å². The largest absolute Gasteiger partial charge is 0.304 e. The third-order valence-corrected chi connectivity index (χ3v) is 8.43. The van der Waals surface area contributed by atoms with Gasteiger partial charge in [-0.15, -0.1) is 0 Å². The average molecular weight is 452 g/mol. The average Bonchev–Trinajstić information content (AvgIpc) is 3.17. The van der Waals surface area contributed by atoms with E-state index < -0.39 is 0 Å². The SMILES string of the molecule is CCN(CC)CC.Cn1c2c(c(=O)n1-c1cc(Cl)ccc1Cl)[C@H]1CC[C@]2(C)C1(C)C. The van der Waals surface area contributed by atoms with Crippen LogP contribution in [0.4, 0.5) is 0 Å². The summed E-state index contributed by atoms with van der Waals surface area (Å²) >= 11 is 12.5. The monoisotopic (exact) mass is 451 g/mol. The molecule has 4 nitrogen and oxygen atoms in total. The van der Waals surface area contributed by atoms with Crippen LogP contribution in [-0.2, 0) is 12.5 Å². The van der Waals surface area contributed by atoms with Crippen LogP contribution in [0.2, 0.25) is 10.0 Å². The second kappa shape index (κ2) is 8.37. The number of nitrogens with zero attached hydrogens (tertiary/aromatic N) is 3. The molecule has 0 aliphatic heterocycles. The number of halogens is 2. The van der Waals surface area contributed by atoms with E-state index in [0.717, 1.165) is 18.4 Å². The molecule has 1 heterocycles. The van der Waals surface area contributed by atoms with E-state index in [-0.39, 0.29) is 16.4 Å². The van der Waals surface area contributed by atoms with Gasteiger partial charge in [-0.3, -0.25) is 9.48 Å². The molecule has 2 atom stereocenters. The van der Waals surface area contributed by atoms with Crippen molar-refractivity contribution in [3.05, 3.63) is 49.9 Å². The maximum atomic E-state index is 13.2. The van der Waals surface area contributed by atoms with Crippen LogP contribution in [0.25, 0.3) is 5.69 Å². The van der Waals surface area contributed by atoms with E-state index in [0.29, 0.717) is 21.7 Å². The van der Waals surface area contributed by atoms with E-state index in [1.165, 1.54) is 25.3 Å². The summed E-state index contributed by atoms with van der Waals surface area (Å²) in [6.45, 7) is 17.0. The van der Waals surface area contributed by atoms with Gasteiger partial charge in [0.1, 0.15) is 0 Å². The van der Waals surface area contributed by atoms with Gasteiger partial charge < -0.3 is 4.90 Å². The van der Waals surface area contributed by atoms with E-state index in [1.54, 1.807) is 22.9 Å². The molecule has 0 unspecified atom stereocenters. The minimum Gasteiger partial charge on any atom is -0.304 e. The molecule has 1 aromatic carbocycles. The molecule has 2 aromatic rings. The Hall–Kier alpha value is -1.23. The number of aromatic nitrogens is 2. The van der Waals surface area contributed by atoms with E-state index in [9.17, 15) is 4.79 Å². The first-order chi connectivity index (χ1) is 14.0. The Morgan fingerprint density at radius 2 is 1.70 bits per heavy atom. The summed E-state index contributed by atoms with van der Waals surface area (Å²) in [5.74, 6) is 0.320. The molecule has 2 aliphatic carbocycles. The zero-order valence-electron chi connectivity index (χ0n) is 19.4. The van der Waals surface area contributed by atoms with E-state index in [1.807, 2.05) is 11.7 Å². The molecule has 1 fully saturated rings. The quantitative estimate of drug-likeness (QED) is 0.569. The third-order valence-electron chi connectivity index (χ3n) is 7.88. The highest BCUT2D eigenvalue weighted by Gasteiger charge is 2.62. The third kappa shape index (κ3) is 3.36. The van der Waals surface area contributed by atoms with Crippen molar-refractivity contribution in [2.45, 2.75) is 65.7 Å². The van der Waals surface area contributed by atoms with Gasteiger partial charge in [0.25, 0.3) is 5.56 Å². The Morgan fingerprint density at radius 1 is 1.10 bits per heavy atom. The summed E-state index contributed by atoms with van der Waals surface area (Å²) in [6, 6.07) is 5.24. The lowest BCUT2D eigenvalue weighted by Crippen LogP contribution is -2.35. The fourth-order valence-corrected chi connectivity index (χ4v) is 5.98. The maximum Gasteiger partial charge on any atom is 0.275 e. The van der Waals surface area contributed by atoms with Gasteiger partial charge in [0.05, 0.1) is 16.4 Å². The molecule has 6 heteroatoms. The van der Waals surface area contributed by atoms with Crippen LogP contribution in [0, 0.1) is 5.41 Å². The van der Waals surface area contributed by atoms with Crippen LogP contribution < -0.4 is 5.56 Å². The van der Waals surface area contributed by atoms with Gasteiger partial charge in [0, 0.05) is 23.0 Å². The lowest BCUT2D eigenvalue weighted by molar-refractivity contribution is 0.218. The van der Waals surface area contributed by atoms with Crippen LogP contribution in [0.5, 0.6) is 0 Å². The minimum atomic E-state index is 0.0250. The summed E-state index contributed by atoms with van der Waals surface area (Å²) in [5.41, 5.74) is 2.99. The second-order valence-electron chi connectivity index (χ2n) is 9.26. The molecule has 1 aromatic heterocycles. The van der Waals surface area contributed by atoms with Gasteiger partial charge in [-0.2, -0.15) is 0 Å². The highest BCUT2D eigenvalue weighted by atomic mass is 35.5. The van der Waals surface area contributed by atoms with Crippen molar-refractivity contribution in [3.63, 3.8) is 0 Å². The second-order valence-corrected chi connectivity index (χ2v) is 10.1. The number of benzene rings is 1. The smallest absolute Gasteiger partial charge is 0.275 e. The van der Waals surface area contributed by atoms with Gasteiger partial charge in [0.2, 0.25) is 0 Å². The van der Waals surface area contributed by atoms with E-state index in [2.05, 4.69) is 46.4 Å². The van der Waals surface area contributed by atoms with Crippen LogP contribution in [0.3, 0.4) is 0 Å². The van der Waals surface area contributed by atoms with Crippen molar-refractivity contribution in [1.82, 2.24) is 14.3 Å². The first-order valence-corrected chi connectivity index (χ1v) is 11.8. The molecule has 0 saturated heterocycles. The standard InChI is InChI=1S/C18H20Cl2N2O.C6H15N/c1-17(2)11-7-8-18(17,3)15-14(11)16(23)22(21(15)4)13-9-10(19)5-6-12(13)20;1-4-7(5-2)6-3/h5-6,9,11H,7-8H2,1-4H3;4-6H2,1-3H3/t11-,18+;/m1./s1. The molecule has 0 radical (unpaired) electrons. The van der Waals surface area contributed by atoms with Crippen LogP contribution in [-0.4, -0.2) is 33.9 Å². The number of rotatable bonds is 4. The maximum absolute atomic E-state index is 13.2. The molecule has 1 saturated carbocycles. The predicted octanol–water partition coefficient (Wildman–Crippen LogP) is 6.01. The molecular weight excluding hydrogens is 417 g/mol. The summed E-state index contributed by atoms with van der Waals surface area (Å²) in [4.78, 5) is 15.6. The molecule has 0 spiro atoms. The molecular formula is C24H35Cl2N3O. The molecule has 2 aliphatic rings. The number of hydrogen-bond donors (Lipinski definition) is 0. The molecule has 0 amide bonds. The van der Waals surface area contributed by atoms with Crippen molar-refractivity contribution >= 4 is 23.2 Å². The topological polar surface area (TPSA) is 30.2 Å². The summed E-state index contributed by atoms with van der Waals surface area (Å²) in [5, 5.41) is 1.11. The molecule has 0 N–H and O–H groups in total. The zero-order valence-corrected chi connectivity index (χ0v) is 20.9. The predicted molar refractivity (Wildman–Crippen MR) is 128 cm³/mol. The molecule has 30 heavy (non-hydrogen) atoms. The van der Waals surface area contributed by atoms with Gasteiger partial charge in [0.15, 0.2) is 0 Å². The van der Waals surface area contributed by atoms with E-state index in [4.69, 9.17) is 23.2 Å². The van der Waals surface area contributed by atoms with Gasteiger partial charge in [-0.05, 0) is 62.0 Å². The van der Waals surface area contributed by atoms with Gasteiger partial charge in [-0.25, -0.2) is 4.68 Å². The van der Waals surface area contributed by atoms with Crippen molar-refractivity contribution in [2.24, 2.45) is 12.5 Å². The Balaban J connectivity index is 0.000000318. The molecule has 4 rings (SSSR count). The Kier molecular flexibility index (Phi) is 6.54. The Morgan fingerprint density at radius 3 is 2.20 bits per heavy atom. The van der Waals surface area contributed by atoms with Crippen LogP contribution in [0.15, 0.2) is 23.0 Å². The summed E-state index contributed by atoms with van der Waals surface area (Å²) < 4.78 is 3.68. The minimum absolute atomic E-state index is 0.0250. The normalized spacial score (nSPS) is 23.5. The fraction of sp³-hybridized carbons (Fsp3) is 0.625. The van der Waals surface area contributed by atoms with Gasteiger partial charge in [-0.1, -0.05) is 64.7 Å². The fourth-order valence-electron chi connectivity index (χ4n) is 5.61. The van der Waals surface area contributed by atoms with Crippen molar-refractivity contribution in [1.29, 1.82) is 0 Å². The molecule has 166 valence electrons. The lowest BCUT2D eigenvalue weighted by atomic mass is 9.70. The highest BCUT2D eigenvalue weighted by Crippen LogP contribution is 2.66. The highest BCUT2D eigenvalue weighted by molar-refractivity contribution is 6.34. The van der Waals surface area contributed by atoms with Crippen LogP contribution >= 0.6 is 23.2 Å². The Bertz CT molecular complexity index is 982. The number of fused-ring (bicyclic) bond motifs is 5.